The van der Waals surface area contributed by atoms with Crippen LogP contribution in [0.3, 0.4) is 0 Å². The molecule has 0 amide bonds. The van der Waals surface area contributed by atoms with Crippen LogP contribution in [0.25, 0.3) is 0 Å². The monoisotopic (exact) mass is 336 g/mol. The van der Waals surface area contributed by atoms with E-state index in [1.54, 1.807) is 0 Å². The molecule has 0 spiro atoms. The second-order valence-corrected chi connectivity index (χ2v) is 5.24. The summed E-state index contributed by atoms with van der Waals surface area (Å²) in [5, 5.41) is 39.3. The lowest BCUT2D eigenvalue weighted by Crippen LogP contribution is -2.36. The Labute approximate surface area is 135 Å². The number of carbonyl (C=O) groups is 1. The summed E-state index contributed by atoms with van der Waals surface area (Å²) in [5.41, 5.74) is -0.201. The van der Waals surface area contributed by atoms with Gasteiger partial charge in [0.1, 0.15) is 22.9 Å². The number of hydrogen-bond acceptors (Lipinski definition) is 7. The molecule has 24 heavy (non-hydrogen) atoms. The van der Waals surface area contributed by atoms with E-state index in [2.05, 4.69) is 0 Å². The van der Waals surface area contributed by atoms with Crippen molar-refractivity contribution in [2.45, 2.75) is 12.2 Å². The molecule has 2 unspecified atom stereocenters. The third kappa shape index (κ3) is 2.37. The molecule has 2 atom stereocenters. The first kappa shape index (κ1) is 15.9. The molecule has 1 heterocycles. The third-order valence-corrected chi connectivity index (χ3v) is 3.73. The Morgan fingerprint density at radius 3 is 2.50 bits per heavy atom. The van der Waals surface area contributed by atoms with Gasteiger partial charge in [-0.05, 0) is 12.1 Å². The molecule has 0 aromatic heterocycles. The highest BCUT2D eigenvalue weighted by molar-refractivity contribution is 6.05. The fraction of sp³-hybridized carbons (Fsp3) is 0.188. The number of aromatic hydroxyl groups is 3. The molecule has 0 radical (unpaired) electrons. The lowest BCUT2D eigenvalue weighted by molar-refractivity contribution is 0.0208. The van der Waals surface area contributed by atoms with Crippen LogP contribution < -0.4 is 9.47 Å². The molecule has 1 aliphatic rings. The lowest BCUT2D eigenvalue weighted by Gasteiger charge is -2.30. The van der Waals surface area contributed by atoms with E-state index in [4.69, 9.17) is 9.47 Å². The maximum absolute atomic E-state index is 13.4. The number of aliphatic hydroxyl groups is 1. The molecule has 2 aromatic rings. The van der Waals surface area contributed by atoms with Crippen LogP contribution in [0, 0.1) is 5.82 Å². The standard InChI is InChI=1S/C16H13FO7/c1-23-11-3-6(2-9(19)13(11)20)16-15(22)14(21)12-8(18)4-7(17)5-10(12)24-16/h2-5,15-16,18-20,22H,1H3. The van der Waals surface area contributed by atoms with Gasteiger partial charge < -0.3 is 29.9 Å². The average molecular weight is 336 g/mol. The molecule has 0 saturated heterocycles. The Hall–Kier alpha value is -3.00. The van der Waals surface area contributed by atoms with E-state index in [1.807, 2.05) is 0 Å². The molecular weight excluding hydrogens is 323 g/mol. The number of Topliss-reactive ketones (excluding diaryl/α,β-unsaturated/α-hetero) is 1. The van der Waals surface area contributed by atoms with Crippen molar-refractivity contribution in [3.8, 4) is 28.7 Å². The van der Waals surface area contributed by atoms with E-state index in [1.165, 1.54) is 13.2 Å². The minimum atomic E-state index is -1.71. The molecule has 2 aromatic carbocycles. The van der Waals surface area contributed by atoms with Crippen LogP contribution in [0.4, 0.5) is 4.39 Å². The SMILES string of the molecule is COc1cc(C2Oc3cc(F)cc(O)c3C(=O)C2O)cc(O)c1O. The van der Waals surface area contributed by atoms with Crippen molar-refractivity contribution in [3.05, 3.63) is 41.2 Å². The van der Waals surface area contributed by atoms with Gasteiger partial charge in [-0.2, -0.15) is 0 Å². The zero-order valence-corrected chi connectivity index (χ0v) is 12.4. The highest BCUT2D eigenvalue weighted by atomic mass is 19.1. The van der Waals surface area contributed by atoms with Crippen molar-refractivity contribution in [1.82, 2.24) is 0 Å². The first-order valence-electron chi connectivity index (χ1n) is 6.84. The zero-order valence-electron chi connectivity index (χ0n) is 12.4. The highest BCUT2D eigenvalue weighted by Crippen LogP contribution is 2.43. The van der Waals surface area contributed by atoms with E-state index in [-0.39, 0.29) is 22.6 Å². The molecule has 0 bridgehead atoms. The number of halogens is 1. The Balaban J connectivity index is 2.11. The van der Waals surface area contributed by atoms with E-state index in [0.29, 0.717) is 0 Å². The second kappa shape index (κ2) is 5.57. The first-order valence-corrected chi connectivity index (χ1v) is 6.84. The number of ether oxygens (including phenoxy) is 2. The molecular formula is C16H13FO7. The molecule has 0 fully saturated rings. The molecule has 4 N–H and O–H groups in total. The van der Waals surface area contributed by atoms with Gasteiger partial charge in [-0.15, -0.1) is 0 Å². The van der Waals surface area contributed by atoms with E-state index in [9.17, 15) is 29.6 Å². The fourth-order valence-electron chi connectivity index (χ4n) is 2.58. The number of aliphatic hydroxyl groups excluding tert-OH is 1. The number of fused-ring (bicyclic) bond motifs is 1. The Bertz CT molecular complexity index is 834. The minimum absolute atomic E-state index is 0.0962. The molecule has 0 aliphatic carbocycles. The van der Waals surface area contributed by atoms with Crippen LogP contribution in [0.2, 0.25) is 0 Å². The van der Waals surface area contributed by atoms with Crippen LogP contribution in [-0.4, -0.2) is 39.4 Å². The summed E-state index contributed by atoms with van der Waals surface area (Å²) < 4.78 is 23.8. The largest absolute Gasteiger partial charge is 0.507 e. The normalized spacial score (nSPS) is 19.5. The number of phenolic OH excluding ortho intramolecular Hbond substituents is 3. The van der Waals surface area contributed by atoms with Gasteiger partial charge in [0.25, 0.3) is 0 Å². The van der Waals surface area contributed by atoms with Crippen LogP contribution in [-0.2, 0) is 0 Å². The van der Waals surface area contributed by atoms with Crippen molar-refractivity contribution in [3.63, 3.8) is 0 Å². The maximum Gasteiger partial charge on any atom is 0.202 e. The van der Waals surface area contributed by atoms with Crippen molar-refractivity contribution < 1.29 is 39.1 Å². The van der Waals surface area contributed by atoms with Gasteiger partial charge in [0.15, 0.2) is 23.7 Å². The topological polar surface area (TPSA) is 116 Å². The molecule has 0 saturated carbocycles. The van der Waals surface area contributed by atoms with Crippen LogP contribution in [0.5, 0.6) is 28.7 Å². The fourth-order valence-corrected chi connectivity index (χ4v) is 2.58. The van der Waals surface area contributed by atoms with Gasteiger partial charge in [-0.25, -0.2) is 4.39 Å². The lowest BCUT2D eigenvalue weighted by atomic mass is 9.92. The van der Waals surface area contributed by atoms with Crippen molar-refractivity contribution in [1.29, 1.82) is 0 Å². The van der Waals surface area contributed by atoms with Gasteiger partial charge in [-0.3, -0.25) is 4.79 Å². The molecule has 8 heteroatoms. The number of benzene rings is 2. The zero-order chi connectivity index (χ0) is 17.6. The smallest absolute Gasteiger partial charge is 0.202 e. The molecule has 126 valence electrons. The van der Waals surface area contributed by atoms with Gasteiger partial charge in [-0.1, -0.05) is 0 Å². The van der Waals surface area contributed by atoms with Gasteiger partial charge >= 0.3 is 0 Å². The summed E-state index contributed by atoms with van der Waals surface area (Å²) in [6.07, 6.45) is -2.99. The van der Waals surface area contributed by atoms with Crippen LogP contribution in [0.15, 0.2) is 24.3 Å². The van der Waals surface area contributed by atoms with E-state index < -0.39 is 41.1 Å². The van der Waals surface area contributed by atoms with Gasteiger partial charge in [0, 0.05) is 17.7 Å². The number of carbonyl (C=O) groups excluding carboxylic acids is 1. The minimum Gasteiger partial charge on any atom is -0.507 e. The Kier molecular flexibility index (Phi) is 3.69. The number of methoxy groups -OCH3 is 1. The van der Waals surface area contributed by atoms with Crippen molar-refractivity contribution in [2.75, 3.05) is 7.11 Å². The summed E-state index contributed by atoms with van der Waals surface area (Å²) in [4.78, 5) is 12.3. The third-order valence-electron chi connectivity index (χ3n) is 3.73. The maximum atomic E-state index is 13.4. The summed E-state index contributed by atoms with van der Waals surface area (Å²) in [6, 6.07) is 4.00. The highest BCUT2D eigenvalue weighted by Gasteiger charge is 2.39. The summed E-state index contributed by atoms with van der Waals surface area (Å²) >= 11 is 0. The van der Waals surface area contributed by atoms with E-state index in [0.717, 1.165) is 18.2 Å². The number of hydrogen-bond donors (Lipinski definition) is 4. The van der Waals surface area contributed by atoms with Crippen molar-refractivity contribution in [2.24, 2.45) is 0 Å². The predicted molar refractivity (Wildman–Crippen MR) is 78.1 cm³/mol. The van der Waals surface area contributed by atoms with Crippen molar-refractivity contribution >= 4 is 5.78 Å². The summed E-state index contributed by atoms with van der Waals surface area (Å²) in [6.45, 7) is 0. The Morgan fingerprint density at radius 2 is 1.83 bits per heavy atom. The average Bonchev–Trinajstić information content (AvgIpc) is 2.52. The number of rotatable bonds is 2. The first-order chi connectivity index (χ1) is 11.3. The molecule has 3 rings (SSSR count). The van der Waals surface area contributed by atoms with Crippen LogP contribution in [0.1, 0.15) is 22.0 Å². The van der Waals surface area contributed by atoms with Crippen LogP contribution >= 0.6 is 0 Å². The van der Waals surface area contributed by atoms with E-state index >= 15 is 0 Å². The van der Waals surface area contributed by atoms with Gasteiger partial charge in [0.05, 0.1) is 7.11 Å². The molecule has 1 aliphatic heterocycles. The molecule has 7 nitrogen and oxygen atoms in total. The predicted octanol–water partition coefficient (Wildman–Crippen LogP) is 1.63. The summed E-state index contributed by atoms with van der Waals surface area (Å²) in [7, 11) is 1.25. The van der Waals surface area contributed by atoms with Gasteiger partial charge in [0.2, 0.25) is 11.5 Å². The summed E-state index contributed by atoms with van der Waals surface area (Å²) in [5.74, 6) is -3.70. The number of ketones is 1. The second-order valence-electron chi connectivity index (χ2n) is 5.24. The quantitative estimate of drug-likeness (QED) is 0.616. The number of phenols is 3. The Morgan fingerprint density at radius 1 is 1.12 bits per heavy atom.